The highest BCUT2D eigenvalue weighted by Crippen LogP contribution is 2.22. The van der Waals surface area contributed by atoms with Gasteiger partial charge in [-0.1, -0.05) is 6.92 Å². The smallest absolute Gasteiger partial charge is 0.303 e. The quantitative estimate of drug-likeness (QED) is 0.523. The van der Waals surface area contributed by atoms with Crippen molar-refractivity contribution in [3.8, 4) is 11.8 Å². The minimum atomic E-state index is -4.45. The zero-order chi connectivity index (χ0) is 20.5. The largest absolute Gasteiger partial charge is 0.481 e. The maximum Gasteiger partial charge on any atom is 0.303 e. The number of ether oxygens (including phenoxy) is 2. The lowest BCUT2D eigenvalue weighted by molar-refractivity contribution is 0.372. The van der Waals surface area contributed by atoms with Gasteiger partial charge in [0.25, 0.3) is 5.78 Å². The molecule has 0 fully saturated rings. The zero-order valence-corrected chi connectivity index (χ0v) is 17.4. The topological polar surface area (TPSA) is 142 Å². The van der Waals surface area contributed by atoms with Crippen molar-refractivity contribution in [1.82, 2.24) is 18.7 Å². The van der Waals surface area contributed by atoms with E-state index >= 15 is 0 Å². The van der Waals surface area contributed by atoms with Crippen LogP contribution in [0.5, 0.6) is 11.8 Å². The second kappa shape index (κ2) is 7.44. The summed E-state index contributed by atoms with van der Waals surface area (Å²) in [6.07, 6.45) is 1.18. The maximum atomic E-state index is 12.7. The van der Waals surface area contributed by atoms with Crippen molar-refractivity contribution in [2.45, 2.75) is 16.8 Å². The lowest BCUT2D eigenvalue weighted by Gasteiger charge is -2.05. The number of hydrogen-bond donors (Lipinski definition) is 0. The number of fused-ring (bicyclic) bond motifs is 1. The van der Waals surface area contributed by atoms with Crippen LogP contribution in [-0.2, 0) is 19.9 Å². The van der Waals surface area contributed by atoms with Crippen LogP contribution in [0.3, 0.4) is 0 Å². The molecule has 0 aliphatic heterocycles. The van der Waals surface area contributed by atoms with Crippen molar-refractivity contribution in [3.05, 3.63) is 29.2 Å². The molecule has 0 aromatic carbocycles. The van der Waals surface area contributed by atoms with E-state index in [2.05, 4.69) is 19.3 Å². The first-order valence-electron chi connectivity index (χ1n) is 7.69. The average molecular weight is 446 g/mol. The Labute approximate surface area is 164 Å². The zero-order valence-electron chi connectivity index (χ0n) is 14.9. The van der Waals surface area contributed by atoms with Crippen molar-refractivity contribution < 1.29 is 26.3 Å². The fraction of sp³-hybridized carbons (Fsp3) is 0.286. The van der Waals surface area contributed by atoms with Gasteiger partial charge >= 0.3 is 10.0 Å². The predicted octanol–water partition coefficient (Wildman–Crippen LogP) is 0.286. The molecule has 0 bridgehead atoms. The number of hydrogen-bond acceptors (Lipinski definition) is 10. The molecule has 3 aromatic heterocycles. The van der Waals surface area contributed by atoms with E-state index in [1.165, 1.54) is 49.3 Å². The minimum Gasteiger partial charge on any atom is -0.481 e. The molecule has 0 saturated carbocycles. The summed E-state index contributed by atoms with van der Waals surface area (Å²) in [6, 6.07) is 4.01. The Morgan fingerprint density at radius 3 is 2.57 bits per heavy atom. The van der Waals surface area contributed by atoms with Crippen LogP contribution in [0.1, 0.15) is 6.92 Å². The third-order valence-corrected chi connectivity index (χ3v) is 7.62. The van der Waals surface area contributed by atoms with E-state index in [9.17, 15) is 16.8 Å². The van der Waals surface area contributed by atoms with Crippen LogP contribution in [-0.4, -0.2) is 55.6 Å². The molecule has 28 heavy (non-hydrogen) atoms. The second-order valence-electron chi connectivity index (χ2n) is 5.20. The van der Waals surface area contributed by atoms with Crippen LogP contribution in [0.15, 0.2) is 38.7 Å². The molecular formula is C14H15N5O6S3. The first-order chi connectivity index (χ1) is 13.2. The van der Waals surface area contributed by atoms with Gasteiger partial charge in [0, 0.05) is 6.20 Å². The Hall–Kier alpha value is -2.58. The number of sulfone groups is 1. The molecular weight excluding hydrogens is 430 g/mol. The summed E-state index contributed by atoms with van der Waals surface area (Å²) < 4.78 is 65.2. The third-order valence-electron chi connectivity index (χ3n) is 3.52. The number of pyridine rings is 1. The Morgan fingerprint density at radius 2 is 1.93 bits per heavy atom. The summed E-state index contributed by atoms with van der Waals surface area (Å²) in [4.78, 5) is 11.3. The van der Waals surface area contributed by atoms with Gasteiger partial charge in [0.1, 0.15) is 4.90 Å². The number of nitrogens with zero attached hydrogens (tertiary/aromatic N) is 5. The van der Waals surface area contributed by atoms with E-state index in [1.54, 1.807) is 0 Å². The first-order valence-corrected chi connectivity index (χ1v) is 11.6. The second-order valence-corrected chi connectivity index (χ2v) is 9.88. The minimum absolute atomic E-state index is 0.109. The van der Waals surface area contributed by atoms with Gasteiger partial charge in [0.15, 0.2) is 14.9 Å². The van der Waals surface area contributed by atoms with E-state index in [0.29, 0.717) is 5.88 Å². The molecule has 0 aliphatic carbocycles. The highest BCUT2D eigenvalue weighted by Gasteiger charge is 2.27. The number of methoxy groups -OCH3 is 2. The van der Waals surface area contributed by atoms with Crippen molar-refractivity contribution in [3.63, 3.8) is 0 Å². The molecule has 3 aromatic rings. The van der Waals surface area contributed by atoms with Gasteiger partial charge in [-0.3, -0.25) is 0 Å². The first kappa shape index (κ1) is 20.2. The van der Waals surface area contributed by atoms with Crippen LogP contribution in [0.2, 0.25) is 0 Å². The Balaban J connectivity index is 2.22. The maximum absolute atomic E-state index is 12.7. The number of rotatable bonds is 6. The summed E-state index contributed by atoms with van der Waals surface area (Å²) in [6.45, 7) is 1.41. The molecule has 3 rings (SSSR count). The Bertz CT molecular complexity index is 1310. The Morgan fingerprint density at radius 1 is 1.18 bits per heavy atom. The standard InChI is InChI=1S/C14H15N5O6S3/c1-4-27(20,21)9-6-5-7-15-12(9)28(22,23)18-14-17-13-16-10(24-2)8-11(25-3)19(13)26-14/h5-8H,4H2,1-3H3. The van der Waals surface area contributed by atoms with Gasteiger partial charge in [-0.15, -0.1) is 4.40 Å². The van der Waals surface area contributed by atoms with Gasteiger partial charge in [0.2, 0.25) is 16.6 Å². The fourth-order valence-electron chi connectivity index (χ4n) is 2.17. The van der Waals surface area contributed by atoms with Crippen LogP contribution < -0.4 is 14.3 Å². The average Bonchev–Trinajstić information content (AvgIpc) is 3.08. The van der Waals surface area contributed by atoms with Crippen molar-refractivity contribution in [2.75, 3.05) is 20.0 Å². The number of aromatic nitrogens is 4. The molecule has 11 nitrogen and oxygen atoms in total. The number of sulfonamides is 1. The normalized spacial score (nSPS) is 13.0. The molecule has 0 amide bonds. The van der Waals surface area contributed by atoms with Crippen LogP contribution in [0.4, 0.5) is 0 Å². The van der Waals surface area contributed by atoms with Crippen LogP contribution >= 0.6 is 11.5 Å². The van der Waals surface area contributed by atoms with Gasteiger partial charge in [0.05, 0.1) is 26.0 Å². The van der Waals surface area contributed by atoms with E-state index in [1.807, 2.05) is 0 Å². The SMILES string of the molecule is CCS(=O)(=O)c1cccnc1S(=O)(=O)N=c1nc2nc(OC)cc(OC)n2s1. The molecule has 3 heterocycles. The van der Waals surface area contributed by atoms with Gasteiger partial charge in [-0.2, -0.15) is 22.2 Å². The summed E-state index contributed by atoms with van der Waals surface area (Å²) in [7, 11) is -5.44. The van der Waals surface area contributed by atoms with E-state index < -0.39 is 29.8 Å². The van der Waals surface area contributed by atoms with Gasteiger partial charge in [-0.05, 0) is 23.7 Å². The van der Waals surface area contributed by atoms with E-state index in [4.69, 9.17) is 9.47 Å². The molecule has 0 N–H and O–H groups in total. The molecule has 0 saturated heterocycles. The molecule has 150 valence electrons. The lowest BCUT2D eigenvalue weighted by Crippen LogP contribution is -2.14. The molecule has 0 spiro atoms. The van der Waals surface area contributed by atoms with Gasteiger partial charge in [-0.25, -0.2) is 13.4 Å². The third kappa shape index (κ3) is 3.70. The monoisotopic (exact) mass is 445 g/mol. The highest BCUT2D eigenvalue weighted by atomic mass is 32.2. The van der Waals surface area contributed by atoms with Crippen molar-refractivity contribution in [1.29, 1.82) is 0 Å². The van der Waals surface area contributed by atoms with Crippen LogP contribution in [0, 0.1) is 0 Å². The van der Waals surface area contributed by atoms with Crippen molar-refractivity contribution in [2.24, 2.45) is 4.40 Å². The summed E-state index contributed by atoms with van der Waals surface area (Å²) in [5, 5.41) is -0.654. The Kier molecular flexibility index (Phi) is 5.36. The van der Waals surface area contributed by atoms with E-state index in [0.717, 1.165) is 11.5 Å². The fourth-order valence-corrected chi connectivity index (χ4v) is 5.73. The highest BCUT2D eigenvalue weighted by molar-refractivity contribution is 7.93. The molecule has 0 radical (unpaired) electrons. The summed E-state index contributed by atoms with van der Waals surface area (Å²) in [5.41, 5.74) is 0. The predicted molar refractivity (Wildman–Crippen MR) is 98.7 cm³/mol. The molecule has 0 aliphatic rings. The molecule has 0 atom stereocenters. The van der Waals surface area contributed by atoms with Gasteiger partial charge < -0.3 is 9.47 Å². The van der Waals surface area contributed by atoms with Crippen LogP contribution in [0.25, 0.3) is 5.78 Å². The van der Waals surface area contributed by atoms with Crippen molar-refractivity contribution >= 4 is 37.2 Å². The summed E-state index contributed by atoms with van der Waals surface area (Å²) >= 11 is 0.848. The molecule has 0 unspecified atom stereocenters. The van der Waals surface area contributed by atoms with E-state index in [-0.39, 0.29) is 22.2 Å². The molecule has 14 heteroatoms. The summed E-state index contributed by atoms with van der Waals surface area (Å²) in [5.74, 6) is 0.361. The lowest BCUT2D eigenvalue weighted by atomic mass is 10.5.